The van der Waals surface area contributed by atoms with Crippen LogP contribution in [-0.4, -0.2) is 66.6 Å². The lowest BCUT2D eigenvalue weighted by Crippen LogP contribution is -2.52. The fourth-order valence-corrected chi connectivity index (χ4v) is 7.85. The number of amides is 1. The molecule has 6 nitrogen and oxygen atoms in total. The minimum absolute atomic E-state index is 0.0580. The molecule has 1 aromatic heterocycles. The van der Waals surface area contributed by atoms with Crippen LogP contribution in [0, 0.1) is 0 Å². The highest BCUT2D eigenvalue weighted by Crippen LogP contribution is 2.25. The number of nitrogens with one attached hydrogen (secondary N) is 1. The van der Waals surface area contributed by atoms with Crippen LogP contribution >= 0.6 is 23.1 Å². The predicted octanol–water partition coefficient (Wildman–Crippen LogP) is 2.30. The van der Waals surface area contributed by atoms with Gasteiger partial charge in [-0.2, -0.15) is 0 Å². The van der Waals surface area contributed by atoms with Gasteiger partial charge in [-0.3, -0.25) is 9.69 Å². The molecule has 2 aliphatic rings. The number of hydrogen-bond acceptors (Lipinski definition) is 7. The van der Waals surface area contributed by atoms with Gasteiger partial charge in [-0.1, -0.05) is 18.6 Å². The van der Waals surface area contributed by atoms with Crippen molar-refractivity contribution in [3.63, 3.8) is 0 Å². The number of nitrogens with zero attached hydrogens (tertiary/aromatic N) is 2. The number of carbonyl (C=O) groups is 1. The zero-order chi connectivity index (χ0) is 19.6. The third-order valence-corrected chi connectivity index (χ3v) is 9.20. The van der Waals surface area contributed by atoms with Crippen LogP contribution in [-0.2, 0) is 20.4 Å². The topological polar surface area (TPSA) is 79.4 Å². The summed E-state index contributed by atoms with van der Waals surface area (Å²) in [6.45, 7) is 1.86. The highest BCUT2D eigenvalue weighted by atomic mass is 32.2. The Kier molecular flexibility index (Phi) is 6.24. The second-order valence-electron chi connectivity index (χ2n) is 7.48. The van der Waals surface area contributed by atoms with E-state index in [1.54, 1.807) is 11.3 Å². The van der Waals surface area contributed by atoms with Gasteiger partial charge < -0.3 is 5.32 Å². The van der Waals surface area contributed by atoms with E-state index < -0.39 is 9.84 Å². The van der Waals surface area contributed by atoms with Crippen LogP contribution in [0.2, 0.25) is 0 Å². The Bertz CT molecular complexity index is 905. The Morgan fingerprint density at radius 3 is 2.79 bits per heavy atom. The molecule has 2 unspecified atom stereocenters. The molecule has 2 aromatic rings. The summed E-state index contributed by atoms with van der Waals surface area (Å²) in [5.74, 6) is 1.14. The zero-order valence-electron chi connectivity index (χ0n) is 15.7. The van der Waals surface area contributed by atoms with Gasteiger partial charge in [-0.15, -0.1) is 23.1 Å². The van der Waals surface area contributed by atoms with E-state index in [0.29, 0.717) is 11.5 Å². The predicted molar refractivity (Wildman–Crippen MR) is 116 cm³/mol. The number of piperidine rings is 1. The monoisotopic (exact) mass is 439 g/mol. The zero-order valence-corrected chi connectivity index (χ0v) is 18.1. The maximum Gasteiger partial charge on any atom is 0.230 e. The Morgan fingerprint density at radius 1 is 1.21 bits per heavy atom. The molecule has 28 heavy (non-hydrogen) atoms. The van der Waals surface area contributed by atoms with E-state index in [1.165, 1.54) is 18.2 Å². The summed E-state index contributed by atoms with van der Waals surface area (Å²) in [7, 11) is -3.09. The molecule has 0 spiro atoms. The Balaban J connectivity index is 1.30. The van der Waals surface area contributed by atoms with Crippen LogP contribution in [0.15, 0.2) is 24.3 Å². The van der Waals surface area contributed by atoms with Crippen LogP contribution in [0.3, 0.4) is 0 Å². The summed E-state index contributed by atoms with van der Waals surface area (Å²) in [6, 6.07) is 7.64. The van der Waals surface area contributed by atoms with Crippen LogP contribution in [0.1, 0.15) is 24.3 Å². The van der Waals surface area contributed by atoms with Crippen LogP contribution in [0.25, 0.3) is 10.2 Å². The van der Waals surface area contributed by atoms with E-state index in [4.69, 9.17) is 0 Å². The highest BCUT2D eigenvalue weighted by molar-refractivity contribution is 7.99. The minimum atomic E-state index is -3.09. The van der Waals surface area contributed by atoms with Crippen molar-refractivity contribution in [3.05, 3.63) is 29.3 Å². The normalized spacial score (nSPS) is 25.1. The van der Waals surface area contributed by atoms with Gasteiger partial charge >= 0.3 is 0 Å². The third kappa shape index (κ3) is 4.87. The van der Waals surface area contributed by atoms with Gasteiger partial charge in [0.25, 0.3) is 0 Å². The number of thioether (sulfide) groups is 1. The number of sulfone groups is 1. The van der Waals surface area contributed by atoms with Gasteiger partial charge in [0, 0.05) is 11.8 Å². The average Bonchev–Trinajstić information content (AvgIpc) is 3.22. The lowest BCUT2D eigenvalue weighted by molar-refractivity contribution is -0.119. The van der Waals surface area contributed by atoms with E-state index in [-0.39, 0.29) is 29.5 Å². The van der Waals surface area contributed by atoms with Crippen molar-refractivity contribution in [1.82, 2.24) is 15.2 Å². The molecule has 0 radical (unpaired) electrons. The molecule has 0 saturated carbocycles. The molecule has 0 bridgehead atoms. The summed E-state index contributed by atoms with van der Waals surface area (Å²) in [5.41, 5.74) is 0.994. The average molecular weight is 440 g/mol. The van der Waals surface area contributed by atoms with Gasteiger partial charge in [0.2, 0.25) is 5.91 Å². The van der Waals surface area contributed by atoms with Crippen molar-refractivity contribution in [1.29, 1.82) is 0 Å². The number of hydrogen-bond donors (Lipinski definition) is 1. The van der Waals surface area contributed by atoms with Gasteiger partial charge in [-0.25, -0.2) is 13.4 Å². The lowest BCUT2D eigenvalue weighted by Gasteiger charge is -2.35. The summed E-state index contributed by atoms with van der Waals surface area (Å²) in [6.07, 6.45) is 3.42. The molecule has 0 aliphatic carbocycles. The molecular formula is C19H25N3O3S3. The van der Waals surface area contributed by atoms with E-state index in [9.17, 15) is 13.2 Å². The number of aromatic nitrogens is 1. The standard InChI is InChI=1S/C19H25N3O3S3/c23-18(10-26-11-19-21-14-6-2-3-7-17(14)27-19)20-15-12-28(24,25)13-16(15)22-8-4-1-5-9-22/h2-3,6-7,15-16H,1,4-5,8-13H2,(H,20,23). The second-order valence-corrected chi connectivity index (χ2v) is 11.7. The minimum Gasteiger partial charge on any atom is -0.350 e. The fourth-order valence-electron chi connectivity index (χ4n) is 4.04. The number of rotatable bonds is 6. The molecule has 1 aromatic carbocycles. The van der Waals surface area contributed by atoms with Crippen molar-refractivity contribution in [2.24, 2.45) is 0 Å². The number of likely N-dealkylation sites (tertiary alicyclic amines) is 1. The summed E-state index contributed by atoms with van der Waals surface area (Å²) < 4.78 is 25.5. The smallest absolute Gasteiger partial charge is 0.230 e. The molecule has 1 N–H and O–H groups in total. The maximum atomic E-state index is 12.4. The SMILES string of the molecule is O=C(CSCc1nc2ccccc2s1)NC1CS(=O)(=O)CC1N1CCCCC1. The molecule has 2 fully saturated rings. The van der Waals surface area contributed by atoms with Crippen molar-refractivity contribution < 1.29 is 13.2 Å². The first-order valence-corrected chi connectivity index (χ1v) is 13.5. The molecule has 2 atom stereocenters. The van der Waals surface area contributed by atoms with Gasteiger partial charge in [0.1, 0.15) is 5.01 Å². The van der Waals surface area contributed by atoms with Crippen molar-refractivity contribution in [2.75, 3.05) is 30.3 Å². The van der Waals surface area contributed by atoms with Crippen molar-refractivity contribution in [3.8, 4) is 0 Å². The maximum absolute atomic E-state index is 12.4. The summed E-state index contributed by atoms with van der Waals surface area (Å²) >= 11 is 3.17. The lowest BCUT2D eigenvalue weighted by atomic mass is 10.1. The number of fused-ring (bicyclic) bond motifs is 1. The molecule has 4 rings (SSSR count). The van der Waals surface area contributed by atoms with Crippen LogP contribution in [0.5, 0.6) is 0 Å². The Morgan fingerprint density at radius 2 is 2.00 bits per heavy atom. The largest absolute Gasteiger partial charge is 0.350 e. The van der Waals surface area contributed by atoms with Crippen molar-refractivity contribution in [2.45, 2.75) is 37.1 Å². The summed E-state index contributed by atoms with van der Waals surface area (Å²) in [4.78, 5) is 19.3. The van der Waals surface area contributed by atoms with Gasteiger partial charge in [0.15, 0.2) is 9.84 Å². The molecule has 2 saturated heterocycles. The van der Waals surface area contributed by atoms with Crippen molar-refractivity contribution >= 4 is 49.1 Å². The summed E-state index contributed by atoms with van der Waals surface area (Å²) in [5, 5.41) is 4.01. The van der Waals surface area contributed by atoms with Gasteiger partial charge in [-0.05, 0) is 38.1 Å². The Hall–Kier alpha value is -1.16. The van der Waals surface area contributed by atoms with Gasteiger partial charge in [0.05, 0.1) is 33.5 Å². The van der Waals surface area contributed by atoms with E-state index in [0.717, 1.165) is 41.2 Å². The number of benzene rings is 1. The first-order chi connectivity index (χ1) is 13.5. The molecule has 3 heterocycles. The molecular weight excluding hydrogens is 414 g/mol. The molecule has 1 amide bonds. The van der Waals surface area contributed by atoms with E-state index in [1.807, 2.05) is 18.2 Å². The van der Waals surface area contributed by atoms with E-state index in [2.05, 4.69) is 21.3 Å². The molecule has 9 heteroatoms. The first kappa shape index (κ1) is 20.1. The number of para-hydroxylation sites is 1. The third-order valence-electron chi connectivity index (χ3n) is 5.33. The highest BCUT2D eigenvalue weighted by Gasteiger charge is 2.41. The fraction of sp³-hybridized carbons (Fsp3) is 0.579. The van der Waals surface area contributed by atoms with Crippen LogP contribution < -0.4 is 5.32 Å². The second kappa shape index (κ2) is 8.69. The van der Waals surface area contributed by atoms with Crippen LogP contribution in [0.4, 0.5) is 0 Å². The molecule has 2 aliphatic heterocycles. The molecule has 152 valence electrons. The first-order valence-electron chi connectivity index (χ1n) is 9.66. The quantitative estimate of drug-likeness (QED) is 0.744. The number of thiazole rings is 1. The Labute approximate surface area is 174 Å². The number of carbonyl (C=O) groups excluding carboxylic acids is 1. The van der Waals surface area contributed by atoms with E-state index >= 15 is 0 Å².